The second kappa shape index (κ2) is 7.59. The monoisotopic (exact) mass is 370 g/mol. The van der Waals surface area contributed by atoms with Crippen LogP contribution in [0.5, 0.6) is 0 Å². The van der Waals surface area contributed by atoms with Crippen LogP contribution in [0.4, 0.5) is 33.9 Å². The quantitative estimate of drug-likeness (QED) is 0.709. The van der Waals surface area contributed by atoms with Crippen LogP contribution in [-0.2, 0) is 6.18 Å². The molecule has 0 spiro atoms. The van der Waals surface area contributed by atoms with Crippen LogP contribution in [0.1, 0.15) is 25.3 Å². The van der Waals surface area contributed by atoms with Crippen molar-refractivity contribution in [3.8, 4) is 0 Å². The van der Waals surface area contributed by atoms with E-state index in [2.05, 4.69) is 15.6 Å². The summed E-state index contributed by atoms with van der Waals surface area (Å²) in [5.41, 5.74) is 3.62. The number of pyridine rings is 1. The third-order valence-electron chi connectivity index (χ3n) is 3.64. The summed E-state index contributed by atoms with van der Waals surface area (Å²) in [5.74, 6) is -0.677. The van der Waals surface area contributed by atoms with Gasteiger partial charge in [0.15, 0.2) is 0 Å². The van der Waals surface area contributed by atoms with Gasteiger partial charge in [-0.15, -0.1) is 0 Å². The fourth-order valence-electron chi connectivity index (χ4n) is 2.04. The maximum Gasteiger partial charge on any atom is 0.418 e. The minimum atomic E-state index is -4.63. The SMILES string of the molecule is CC1(NC(N)=O)CC1.Fc1ccc(Nc2ccccn2)c(C(F)(F)F)c1. The van der Waals surface area contributed by atoms with Gasteiger partial charge in [-0.05, 0) is 50.1 Å². The van der Waals surface area contributed by atoms with Crippen molar-refractivity contribution in [2.24, 2.45) is 5.73 Å². The minimum absolute atomic E-state index is 0.0475. The summed E-state index contributed by atoms with van der Waals surface area (Å²) >= 11 is 0. The number of nitrogens with zero attached hydrogens (tertiary/aromatic N) is 1. The Morgan fingerprint density at radius 1 is 1.23 bits per heavy atom. The smallest absolute Gasteiger partial charge is 0.352 e. The molecule has 1 fully saturated rings. The largest absolute Gasteiger partial charge is 0.418 e. The van der Waals surface area contributed by atoms with E-state index in [-0.39, 0.29) is 17.0 Å². The topological polar surface area (TPSA) is 80.0 Å². The summed E-state index contributed by atoms with van der Waals surface area (Å²) in [6.45, 7) is 1.98. The lowest BCUT2D eigenvalue weighted by molar-refractivity contribution is -0.137. The van der Waals surface area contributed by atoms with E-state index in [1.165, 1.54) is 12.3 Å². The Kier molecular flexibility index (Phi) is 5.69. The molecular weight excluding hydrogens is 352 g/mol. The summed E-state index contributed by atoms with van der Waals surface area (Å²) in [5, 5.41) is 5.14. The number of anilines is 2. The summed E-state index contributed by atoms with van der Waals surface area (Å²) in [4.78, 5) is 14.0. The maximum atomic E-state index is 12.9. The Morgan fingerprint density at radius 3 is 2.38 bits per heavy atom. The first-order chi connectivity index (χ1) is 12.1. The van der Waals surface area contributed by atoms with Crippen molar-refractivity contribution in [2.45, 2.75) is 31.5 Å². The van der Waals surface area contributed by atoms with E-state index in [0.29, 0.717) is 6.07 Å². The third kappa shape index (κ3) is 5.91. The van der Waals surface area contributed by atoms with Gasteiger partial charge in [0.25, 0.3) is 0 Å². The number of nitrogens with one attached hydrogen (secondary N) is 2. The summed E-state index contributed by atoms with van der Waals surface area (Å²) in [7, 11) is 0. The van der Waals surface area contributed by atoms with E-state index in [1.54, 1.807) is 12.1 Å². The number of primary amides is 1. The number of nitrogens with two attached hydrogens (primary N) is 1. The van der Waals surface area contributed by atoms with Gasteiger partial charge in [0, 0.05) is 11.7 Å². The second-order valence-corrected chi connectivity index (χ2v) is 6.08. The molecule has 0 aliphatic heterocycles. The normalized spacial score (nSPS) is 14.7. The number of carbonyl (C=O) groups is 1. The molecule has 2 amide bonds. The number of aromatic nitrogens is 1. The molecule has 0 saturated heterocycles. The van der Waals surface area contributed by atoms with Gasteiger partial charge in [-0.1, -0.05) is 6.07 Å². The molecule has 26 heavy (non-hydrogen) atoms. The molecule has 5 nitrogen and oxygen atoms in total. The molecule has 1 aliphatic rings. The highest BCUT2D eigenvalue weighted by molar-refractivity contribution is 5.73. The van der Waals surface area contributed by atoms with E-state index in [9.17, 15) is 22.4 Å². The van der Waals surface area contributed by atoms with Crippen molar-refractivity contribution in [1.29, 1.82) is 0 Å². The van der Waals surface area contributed by atoms with Crippen molar-refractivity contribution in [3.05, 3.63) is 54.0 Å². The molecule has 3 rings (SSSR count). The molecule has 1 aromatic carbocycles. The second-order valence-electron chi connectivity index (χ2n) is 6.08. The maximum absolute atomic E-state index is 12.9. The predicted molar refractivity (Wildman–Crippen MR) is 89.3 cm³/mol. The average molecular weight is 370 g/mol. The van der Waals surface area contributed by atoms with Gasteiger partial charge < -0.3 is 16.4 Å². The number of halogens is 4. The fourth-order valence-corrected chi connectivity index (χ4v) is 2.04. The first-order valence-corrected chi connectivity index (χ1v) is 7.71. The van der Waals surface area contributed by atoms with E-state index in [0.717, 1.165) is 25.0 Å². The number of amides is 2. The number of benzene rings is 1. The van der Waals surface area contributed by atoms with Crippen molar-refractivity contribution >= 4 is 17.5 Å². The van der Waals surface area contributed by atoms with Gasteiger partial charge in [0.2, 0.25) is 0 Å². The lowest BCUT2D eigenvalue weighted by Crippen LogP contribution is -2.38. The van der Waals surface area contributed by atoms with Crippen LogP contribution in [0.25, 0.3) is 0 Å². The number of carbonyl (C=O) groups excluding carboxylic acids is 1. The Hall–Kier alpha value is -2.84. The molecule has 1 saturated carbocycles. The van der Waals surface area contributed by atoms with E-state index in [1.807, 2.05) is 6.92 Å². The van der Waals surface area contributed by atoms with Gasteiger partial charge in [0.1, 0.15) is 11.6 Å². The lowest BCUT2D eigenvalue weighted by atomic mass is 10.1. The summed E-state index contributed by atoms with van der Waals surface area (Å²) in [6, 6.07) is 6.82. The molecule has 2 aromatic rings. The highest BCUT2D eigenvalue weighted by atomic mass is 19.4. The number of urea groups is 1. The predicted octanol–water partition coefficient (Wildman–Crippen LogP) is 4.19. The van der Waals surface area contributed by atoms with Crippen LogP contribution in [0, 0.1) is 5.82 Å². The van der Waals surface area contributed by atoms with E-state index >= 15 is 0 Å². The number of alkyl halides is 3. The molecule has 140 valence electrons. The summed E-state index contributed by atoms with van der Waals surface area (Å²) < 4.78 is 51.0. The Bertz CT molecular complexity index is 761. The fraction of sp³-hybridized carbons (Fsp3) is 0.294. The zero-order chi connectivity index (χ0) is 19.4. The van der Waals surface area contributed by atoms with Crippen molar-refractivity contribution in [1.82, 2.24) is 10.3 Å². The van der Waals surface area contributed by atoms with Crippen LogP contribution >= 0.6 is 0 Å². The minimum Gasteiger partial charge on any atom is -0.352 e. The molecule has 0 bridgehead atoms. The Balaban J connectivity index is 0.000000254. The van der Waals surface area contributed by atoms with Gasteiger partial charge in [-0.3, -0.25) is 0 Å². The van der Waals surface area contributed by atoms with Gasteiger partial charge in [-0.2, -0.15) is 13.2 Å². The van der Waals surface area contributed by atoms with E-state index in [4.69, 9.17) is 5.73 Å². The van der Waals surface area contributed by atoms with Crippen LogP contribution < -0.4 is 16.4 Å². The van der Waals surface area contributed by atoms with Gasteiger partial charge in [0.05, 0.1) is 11.3 Å². The number of hydrogen-bond acceptors (Lipinski definition) is 3. The number of hydrogen-bond donors (Lipinski definition) is 3. The standard InChI is InChI=1S/C12H8F4N2.C5H10N2O/c13-8-4-5-10(9(7-8)12(14,15)16)18-11-3-1-2-6-17-11;1-5(2-3-5)7-4(6)8/h1-7H,(H,17,18);2-3H2,1H3,(H3,6,7,8). The Morgan fingerprint density at radius 2 is 1.92 bits per heavy atom. The van der Waals surface area contributed by atoms with Gasteiger partial charge in [-0.25, -0.2) is 14.2 Å². The van der Waals surface area contributed by atoms with Crippen LogP contribution in [0.15, 0.2) is 42.6 Å². The van der Waals surface area contributed by atoms with Gasteiger partial charge >= 0.3 is 12.2 Å². The Labute approximate surface area is 147 Å². The highest BCUT2D eigenvalue weighted by Gasteiger charge is 2.38. The number of rotatable bonds is 3. The van der Waals surface area contributed by atoms with Crippen molar-refractivity contribution in [3.63, 3.8) is 0 Å². The van der Waals surface area contributed by atoms with Crippen molar-refractivity contribution in [2.75, 3.05) is 5.32 Å². The molecule has 1 heterocycles. The first-order valence-electron chi connectivity index (χ1n) is 7.71. The van der Waals surface area contributed by atoms with E-state index < -0.39 is 23.6 Å². The first kappa shape index (κ1) is 19.5. The molecule has 4 N–H and O–H groups in total. The van der Waals surface area contributed by atoms with Crippen molar-refractivity contribution < 1.29 is 22.4 Å². The zero-order valence-corrected chi connectivity index (χ0v) is 13.9. The zero-order valence-electron chi connectivity index (χ0n) is 13.9. The molecule has 0 atom stereocenters. The molecule has 1 aromatic heterocycles. The third-order valence-corrected chi connectivity index (χ3v) is 3.64. The molecule has 0 radical (unpaired) electrons. The highest BCUT2D eigenvalue weighted by Crippen LogP contribution is 2.36. The van der Waals surface area contributed by atoms with Crippen LogP contribution in [0.3, 0.4) is 0 Å². The molecule has 1 aliphatic carbocycles. The molecule has 0 unspecified atom stereocenters. The van der Waals surface area contributed by atoms with Crippen LogP contribution in [0.2, 0.25) is 0 Å². The lowest BCUT2D eigenvalue weighted by Gasteiger charge is -2.14. The van der Waals surface area contributed by atoms with Crippen LogP contribution in [-0.4, -0.2) is 16.6 Å². The summed E-state index contributed by atoms with van der Waals surface area (Å²) in [6.07, 6.45) is -1.05. The molecule has 9 heteroatoms. The average Bonchev–Trinajstić information content (AvgIpc) is 3.26. The molecular formula is C17H18F4N4O.